The Bertz CT molecular complexity index is 2090. The van der Waals surface area contributed by atoms with E-state index in [0.29, 0.717) is 0 Å². The Morgan fingerprint density at radius 3 is 0.925 bits per heavy atom. The topological polar surface area (TPSA) is 77.3 Å². The molecule has 0 unspecified atom stereocenters. The second-order valence-corrected chi connectivity index (χ2v) is 18.0. The first-order valence-electron chi connectivity index (χ1n) is 17.2. The van der Waals surface area contributed by atoms with Crippen molar-refractivity contribution in [1.82, 2.24) is 29.9 Å². The van der Waals surface area contributed by atoms with Crippen LogP contribution in [-0.2, 0) is 19.5 Å². The molecule has 0 atom stereocenters. The summed E-state index contributed by atoms with van der Waals surface area (Å²) >= 11 is 0. The van der Waals surface area contributed by atoms with E-state index in [9.17, 15) is 0 Å². The van der Waals surface area contributed by atoms with Crippen molar-refractivity contribution in [3.05, 3.63) is 189 Å². The van der Waals surface area contributed by atoms with E-state index in [-0.39, 0.29) is 19.5 Å². The second-order valence-electron chi connectivity index (χ2n) is 12.9. The van der Waals surface area contributed by atoms with Gasteiger partial charge in [-0.05, 0) is 95.1 Å². The zero-order valence-corrected chi connectivity index (χ0v) is 32.7. The van der Waals surface area contributed by atoms with Crippen molar-refractivity contribution in [2.45, 2.75) is 19.6 Å². The third-order valence-electron chi connectivity index (χ3n) is 8.17. The average Bonchev–Trinajstić information content (AvgIpc) is 3.23. The van der Waals surface area contributed by atoms with Gasteiger partial charge in [-0.3, -0.25) is 29.9 Å². The summed E-state index contributed by atoms with van der Waals surface area (Å²) in [5.41, 5.74) is 10.3. The van der Waals surface area contributed by atoms with Crippen LogP contribution >= 0.6 is 0 Å². The molecule has 0 radical (unpaired) electrons. The van der Waals surface area contributed by atoms with E-state index in [4.69, 9.17) is 0 Å². The molecule has 8 rings (SSSR count). The zero-order valence-electron chi connectivity index (χ0n) is 29.9. The summed E-state index contributed by atoms with van der Waals surface area (Å²) < 4.78 is 0. The van der Waals surface area contributed by atoms with E-state index in [1.165, 1.54) is 21.9 Å². The van der Waals surface area contributed by atoms with Crippen LogP contribution in [0, 0.1) is 0 Å². The van der Waals surface area contributed by atoms with Gasteiger partial charge in [0, 0.05) is 56.7 Å². The van der Waals surface area contributed by atoms with E-state index in [1.807, 2.05) is 103 Å². The first-order valence-corrected chi connectivity index (χ1v) is 20.7. The molecule has 0 saturated heterocycles. The maximum absolute atomic E-state index is 4.47. The van der Waals surface area contributed by atoms with Crippen LogP contribution in [-0.4, -0.2) is 38.0 Å². The molecule has 0 aliphatic rings. The van der Waals surface area contributed by atoms with E-state index in [1.54, 1.807) is 31.0 Å². The van der Waals surface area contributed by atoms with E-state index in [0.717, 1.165) is 39.7 Å². The molecule has 262 valence electrons. The van der Waals surface area contributed by atoms with Gasteiger partial charge in [0.1, 0.15) is 0 Å². The van der Waals surface area contributed by atoms with Crippen LogP contribution in [0.1, 0.15) is 0 Å². The Hall–Kier alpha value is -5.82. The van der Waals surface area contributed by atoms with Gasteiger partial charge in [0.05, 0.1) is 42.2 Å². The summed E-state index contributed by atoms with van der Waals surface area (Å²) in [5, 5.41) is 1.49. The summed E-state index contributed by atoms with van der Waals surface area (Å²) in [5.74, 6) is 0. The summed E-state index contributed by atoms with van der Waals surface area (Å²) in [4.78, 5) is 25.6. The van der Waals surface area contributed by atoms with Crippen LogP contribution in [0.15, 0.2) is 189 Å². The Morgan fingerprint density at radius 2 is 0.604 bits per heavy atom. The van der Waals surface area contributed by atoms with Gasteiger partial charge in [-0.2, -0.15) is 0 Å². The van der Waals surface area contributed by atoms with Gasteiger partial charge in [0.2, 0.25) is 0 Å². The quantitative estimate of drug-likeness (QED) is 0.156. The molecule has 0 bridgehead atoms. The largest absolute Gasteiger partial charge is 0.255 e. The molecule has 6 aromatic heterocycles. The number of nitrogens with zero attached hydrogens (tertiary/aromatic N) is 6. The van der Waals surface area contributed by atoms with Crippen molar-refractivity contribution in [2.24, 2.45) is 0 Å². The molecule has 0 amide bonds. The van der Waals surface area contributed by atoms with Crippen LogP contribution in [0.25, 0.3) is 56.4 Å². The van der Waals surface area contributed by atoms with Crippen LogP contribution in [0.4, 0.5) is 0 Å². The fourth-order valence-electron chi connectivity index (χ4n) is 5.34. The van der Waals surface area contributed by atoms with Crippen molar-refractivity contribution in [3.63, 3.8) is 0 Å². The summed E-state index contributed by atoms with van der Waals surface area (Å²) in [6.45, 7) is 7.14. The molecular formula is C45H40N6RuSi. The molecule has 0 spiro atoms. The third-order valence-corrected chi connectivity index (χ3v) is 10.2. The van der Waals surface area contributed by atoms with Crippen LogP contribution < -0.4 is 5.19 Å². The molecule has 8 heteroatoms. The van der Waals surface area contributed by atoms with Gasteiger partial charge in [-0.15, -0.1) is 0 Å². The van der Waals surface area contributed by atoms with Crippen molar-refractivity contribution in [3.8, 4) is 56.4 Å². The smallest absolute Gasteiger partial charge is 0.0892 e. The van der Waals surface area contributed by atoms with Crippen molar-refractivity contribution < 1.29 is 19.5 Å². The molecular weight excluding hydrogens is 754 g/mol. The van der Waals surface area contributed by atoms with Crippen LogP contribution in [0.5, 0.6) is 0 Å². The Balaban J connectivity index is 0.000000178. The fourth-order valence-corrected chi connectivity index (χ4v) is 6.51. The molecule has 0 saturated carbocycles. The average molecular weight is 794 g/mol. The molecule has 0 N–H and O–H groups in total. The minimum atomic E-state index is -1.25. The SMILES string of the molecule is C[Si](C)(C)c1ccc(-c2ccc(-c3ccnc(-c4ccccn4)c3)cc2)cc1.[Ru].c1ccc(-c2ccccn2)nc1.c1ccc(-c2ccccn2)nc1. The molecule has 2 aromatic carbocycles. The monoisotopic (exact) mass is 794 g/mol. The van der Waals surface area contributed by atoms with E-state index >= 15 is 0 Å². The molecule has 0 fully saturated rings. The van der Waals surface area contributed by atoms with Gasteiger partial charge in [-0.1, -0.05) is 104 Å². The van der Waals surface area contributed by atoms with E-state index < -0.39 is 8.07 Å². The van der Waals surface area contributed by atoms with Crippen LogP contribution in [0.3, 0.4) is 0 Å². The van der Waals surface area contributed by atoms with Gasteiger partial charge in [0.15, 0.2) is 0 Å². The zero-order chi connectivity index (χ0) is 36.0. The number of hydrogen-bond acceptors (Lipinski definition) is 6. The van der Waals surface area contributed by atoms with Crippen LogP contribution in [0.2, 0.25) is 19.6 Å². The number of benzene rings is 2. The molecule has 0 aliphatic heterocycles. The Kier molecular flexibility index (Phi) is 13.9. The maximum atomic E-state index is 4.47. The predicted molar refractivity (Wildman–Crippen MR) is 216 cm³/mol. The van der Waals surface area contributed by atoms with Crippen molar-refractivity contribution in [1.29, 1.82) is 0 Å². The van der Waals surface area contributed by atoms with Gasteiger partial charge < -0.3 is 0 Å². The van der Waals surface area contributed by atoms with E-state index in [2.05, 4.69) is 104 Å². The Morgan fingerprint density at radius 1 is 0.302 bits per heavy atom. The minimum Gasteiger partial charge on any atom is -0.255 e. The molecule has 8 aromatic rings. The fraction of sp³-hybridized carbons (Fsp3) is 0.0667. The Labute approximate surface area is 326 Å². The molecule has 53 heavy (non-hydrogen) atoms. The molecule has 6 nitrogen and oxygen atoms in total. The van der Waals surface area contributed by atoms with Gasteiger partial charge >= 0.3 is 0 Å². The predicted octanol–water partition coefficient (Wildman–Crippen LogP) is 10.3. The summed E-state index contributed by atoms with van der Waals surface area (Å²) in [7, 11) is -1.25. The van der Waals surface area contributed by atoms with Gasteiger partial charge in [-0.25, -0.2) is 0 Å². The number of rotatable bonds is 6. The van der Waals surface area contributed by atoms with Crippen molar-refractivity contribution >= 4 is 13.3 Å². The standard InChI is InChI=1S/C25H24N2Si.2C10H8N2.Ru/c1-28(2,3)23-13-11-20(12-14-23)19-7-9-21(10-8-19)22-15-17-27-25(18-22)24-6-4-5-16-26-24;2*1-3-7-11-9(5-1)10-6-2-4-8-12-10;/h4-18H,1-3H3;2*1-8H;. The second kappa shape index (κ2) is 19.1. The minimum absolute atomic E-state index is 0. The number of aromatic nitrogens is 6. The molecule has 0 aliphatic carbocycles. The first-order chi connectivity index (χ1) is 25.4. The number of hydrogen-bond donors (Lipinski definition) is 0. The first kappa shape index (κ1) is 38.4. The van der Waals surface area contributed by atoms with Gasteiger partial charge in [0.25, 0.3) is 0 Å². The third kappa shape index (κ3) is 11.1. The van der Waals surface area contributed by atoms with Crippen molar-refractivity contribution in [2.75, 3.05) is 0 Å². The normalized spacial score (nSPS) is 10.4. The maximum Gasteiger partial charge on any atom is 0.0892 e. The molecule has 6 heterocycles. The number of pyridine rings is 6. The summed E-state index contributed by atoms with van der Waals surface area (Å²) in [6.07, 6.45) is 10.7. The summed E-state index contributed by atoms with van der Waals surface area (Å²) in [6, 6.07) is 51.0.